The van der Waals surface area contributed by atoms with Crippen molar-refractivity contribution in [3.8, 4) is 11.5 Å². The summed E-state index contributed by atoms with van der Waals surface area (Å²) in [7, 11) is 0. The first-order valence-corrected chi connectivity index (χ1v) is 9.62. The van der Waals surface area contributed by atoms with Crippen molar-refractivity contribution in [2.75, 3.05) is 31.1 Å². The number of hydrazone groups is 1. The minimum Gasteiger partial charge on any atom is -0.454 e. The second kappa shape index (κ2) is 8.76. The van der Waals surface area contributed by atoms with Crippen LogP contribution in [0.3, 0.4) is 0 Å². The third-order valence-electron chi connectivity index (χ3n) is 4.03. The molecule has 1 aliphatic heterocycles. The number of thioether (sulfide) groups is 1. The van der Waals surface area contributed by atoms with E-state index in [0.29, 0.717) is 35.7 Å². The second-order valence-electron chi connectivity index (χ2n) is 5.70. The number of hydrogen-bond acceptors (Lipinski definition) is 8. The van der Waals surface area contributed by atoms with Crippen LogP contribution in [0.5, 0.6) is 11.5 Å². The summed E-state index contributed by atoms with van der Waals surface area (Å²) >= 11 is 1.29. The molecule has 0 bridgehead atoms. The molecule has 0 aliphatic carbocycles. The standard InChI is InChI=1S/C17H22N6O3S/c1-4-23(5-2)15(24)9-27-17-18-16(21-22-17)20-19-11(3)12-6-7-13-14(8-12)26-10-25-13/h6-8H,4-5,9-10H2,1-3H3,(H2,18,20,21,22)/b19-11+. The maximum Gasteiger partial charge on any atom is 0.240 e. The highest BCUT2D eigenvalue weighted by Crippen LogP contribution is 2.32. The van der Waals surface area contributed by atoms with Crippen LogP contribution in [0.2, 0.25) is 0 Å². The van der Waals surface area contributed by atoms with Crippen LogP contribution in [0.4, 0.5) is 5.95 Å². The van der Waals surface area contributed by atoms with E-state index in [4.69, 9.17) is 9.47 Å². The molecule has 2 N–H and O–H groups in total. The Morgan fingerprint density at radius 3 is 2.89 bits per heavy atom. The molecule has 1 aromatic heterocycles. The van der Waals surface area contributed by atoms with Crippen LogP contribution in [0, 0.1) is 0 Å². The number of anilines is 1. The lowest BCUT2D eigenvalue weighted by Gasteiger charge is -2.17. The summed E-state index contributed by atoms with van der Waals surface area (Å²) in [5, 5.41) is 11.7. The number of nitrogens with one attached hydrogen (secondary N) is 2. The Morgan fingerprint density at radius 1 is 1.33 bits per heavy atom. The normalized spacial score (nSPS) is 12.9. The fourth-order valence-corrected chi connectivity index (χ4v) is 3.18. The number of hydrogen-bond donors (Lipinski definition) is 2. The number of amides is 1. The largest absolute Gasteiger partial charge is 0.454 e. The van der Waals surface area contributed by atoms with Gasteiger partial charge in [-0.25, -0.2) is 10.5 Å². The average Bonchev–Trinajstić information content (AvgIpc) is 3.33. The van der Waals surface area contributed by atoms with Gasteiger partial charge in [-0.05, 0) is 39.0 Å². The van der Waals surface area contributed by atoms with Gasteiger partial charge in [0.15, 0.2) is 11.5 Å². The van der Waals surface area contributed by atoms with Gasteiger partial charge in [-0.1, -0.05) is 11.8 Å². The number of aromatic amines is 1. The predicted molar refractivity (Wildman–Crippen MR) is 103 cm³/mol. The van der Waals surface area contributed by atoms with Crippen LogP contribution in [0.1, 0.15) is 26.3 Å². The zero-order valence-corrected chi connectivity index (χ0v) is 16.3. The summed E-state index contributed by atoms with van der Waals surface area (Å²) in [6.45, 7) is 7.43. The Bertz CT molecular complexity index is 834. The summed E-state index contributed by atoms with van der Waals surface area (Å²) in [6.07, 6.45) is 0. The van der Waals surface area contributed by atoms with Gasteiger partial charge in [-0.3, -0.25) is 4.79 Å². The molecule has 0 fully saturated rings. The number of rotatable bonds is 8. The van der Waals surface area contributed by atoms with E-state index in [-0.39, 0.29) is 12.7 Å². The molecule has 2 heterocycles. The Kier molecular flexibility index (Phi) is 6.17. The average molecular weight is 390 g/mol. The molecule has 3 rings (SSSR count). The topological polar surface area (TPSA) is 105 Å². The van der Waals surface area contributed by atoms with E-state index in [9.17, 15) is 4.79 Å². The van der Waals surface area contributed by atoms with Crippen molar-refractivity contribution < 1.29 is 14.3 Å². The quantitative estimate of drug-likeness (QED) is 0.405. The molecule has 1 amide bonds. The Balaban J connectivity index is 1.56. The maximum atomic E-state index is 12.0. The molecular weight excluding hydrogens is 368 g/mol. The highest BCUT2D eigenvalue weighted by molar-refractivity contribution is 7.99. The van der Waals surface area contributed by atoms with Gasteiger partial charge in [0.2, 0.25) is 23.8 Å². The zero-order valence-electron chi connectivity index (χ0n) is 15.5. The molecule has 0 radical (unpaired) electrons. The molecule has 0 saturated carbocycles. The number of carbonyl (C=O) groups is 1. The van der Waals surface area contributed by atoms with Crippen molar-refractivity contribution in [1.29, 1.82) is 0 Å². The summed E-state index contributed by atoms with van der Waals surface area (Å²) in [6, 6.07) is 5.64. The van der Waals surface area contributed by atoms with Gasteiger partial charge >= 0.3 is 0 Å². The van der Waals surface area contributed by atoms with Gasteiger partial charge in [-0.2, -0.15) is 10.1 Å². The van der Waals surface area contributed by atoms with Crippen LogP contribution < -0.4 is 14.9 Å². The lowest BCUT2D eigenvalue weighted by molar-refractivity contribution is -0.127. The van der Waals surface area contributed by atoms with Gasteiger partial charge < -0.3 is 14.4 Å². The van der Waals surface area contributed by atoms with Gasteiger partial charge in [0, 0.05) is 18.7 Å². The minimum atomic E-state index is 0.0704. The third-order valence-corrected chi connectivity index (χ3v) is 4.86. The van der Waals surface area contributed by atoms with Crippen molar-refractivity contribution in [3.63, 3.8) is 0 Å². The summed E-state index contributed by atoms with van der Waals surface area (Å²) in [4.78, 5) is 18.1. The lowest BCUT2D eigenvalue weighted by Crippen LogP contribution is -2.31. The smallest absolute Gasteiger partial charge is 0.240 e. The summed E-state index contributed by atoms with van der Waals surface area (Å²) < 4.78 is 10.7. The van der Waals surface area contributed by atoms with Crippen molar-refractivity contribution in [2.24, 2.45) is 5.10 Å². The second-order valence-corrected chi connectivity index (χ2v) is 6.64. The minimum absolute atomic E-state index is 0.0704. The van der Waals surface area contributed by atoms with E-state index >= 15 is 0 Å². The summed E-state index contributed by atoms with van der Waals surface area (Å²) in [5.41, 5.74) is 4.51. The molecule has 27 heavy (non-hydrogen) atoms. The first-order chi connectivity index (χ1) is 13.1. The van der Waals surface area contributed by atoms with Crippen molar-refractivity contribution in [2.45, 2.75) is 25.9 Å². The Morgan fingerprint density at radius 2 is 2.11 bits per heavy atom. The zero-order chi connectivity index (χ0) is 19.2. The molecule has 10 heteroatoms. The molecule has 144 valence electrons. The number of carbonyl (C=O) groups excluding carboxylic acids is 1. The molecule has 9 nitrogen and oxygen atoms in total. The number of fused-ring (bicyclic) bond motifs is 1. The van der Waals surface area contributed by atoms with Crippen molar-refractivity contribution >= 4 is 29.3 Å². The SMILES string of the molecule is CCN(CC)C(=O)CSc1n[nH]c(N/N=C(\C)c2ccc3c(c2)OCO3)n1. The van der Waals surface area contributed by atoms with Crippen LogP contribution >= 0.6 is 11.8 Å². The predicted octanol–water partition coefficient (Wildman–Crippen LogP) is 2.33. The molecule has 0 atom stereocenters. The molecule has 0 saturated heterocycles. The van der Waals surface area contributed by atoms with E-state index in [1.807, 2.05) is 39.0 Å². The van der Waals surface area contributed by atoms with Crippen LogP contribution in [-0.2, 0) is 4.79 Å². The first kappa shape index (κ1) is 19.0. The summed E-state index contributed by atoms with van der Waals surface area (Å²) in [5.74, 6) is 2.22. The van der Waals surface area contributed by atoms with Crippen molar-refractivity contribution in [3.05, 3.63) is 23.8 Å². The Hall–Kier alpha value is -2.75. The van der Waals surface area contributed by atoms with Gasteiger partial charge in [0.25, 0.3) is 0 Å². The van der Waals surface area contributed by atoms with Crippen LogP contribution in [-0.4, -0.2) is 57.3 Å². The number of H-pyrrole nitrogens is 1. The maximum absolute atomic E-state index is 12.0. The lowest BCUT2D eigenvalue weighted by atomic mass is 10.1. The number of nitrogens with zero attached hydrogens (tertiary/aromatic N) is 4. The number of aromatic nitrogens is 3. The van der Waals surface area contributed by atoms with Crippen LogP contribution in [0.25, 0.3) is 0 Å². The molecular formula is C17H22N6O3S. The third kappa shape index (κ3) is 4.70. The van der Waals surface area contributed by atoms with E-state index < -0.39 is 0 Å². The van der Waals surface area contributed by atoms with E-state index in [2.05, 4.69) is 25.7 Å². The van der Waals surface area contributed by atoms with E-state index in [0.717, 1.165) is 17.0 Å². The highest BCUT2D eigenvalue weighted by atomic mass is 32.2. The number of benzene rings is 1. The van der Waals surface area contributed by atoms with Gasteiger partial charge in [-0.15, -0.1) is 5.10 Å². The van der Waals surface area contributed by atoms with Crippen molar-refractivity contribution in [1.82, 2.24) is 20.1 Å². The number of ether oxygens (including phenoxy) is 2. The van der Waals surface area contributed by atoms with E-state index in [1.165, 1.54) is 11.8 Å². The first-order valence-electron chi connectivity index (χ1n) is 8.64. The molecule has 0 unspecified atom stereocenters. The van der Waals surface area contributed by atoms with E-state index in [1.54, 1.807) is 4.90 Å². The Labute approximate surface area is 161 Å². The van der Waals surface area contributed by atoms with Gasteiger partial charge in [0.05, 0.1) is 11.5 Å². The molecule has 0 spiro atoms. The molecule has 1 aromatic carbocycles. The highest BCUT2D eigenvalue weighted by Gasteiger charge is 2.14. The fraction of sp³-hybridized carbons (Fsp3) is 0.412. The molecule has 2 aromatic rings. The fourth-order valence-electron chi connectivity index (χ4n) is 2.48. The monoisotopic (exact) mass is 390 g/mol. The van der Waals surface area contributed by atoms with Gasteiger partial charge in [0.1, 0.15) is 0 Å². The van der Waals surface area contributed by atoms with Crippen LogP contribution in [0.15, 0.2) is 28.5 Å². The molecule has 1 aliphatic rings.